The van der Waals surface area contributed by atoms with Crippen LogP contribution in [0.1, 0.15) is 117 Å². The molecule has 3 N–H and O–H groups in total. The van der Waals surface area contributed by atoms with Crippen LogP contribution in [0.5, 0.6) is 0 Å². The molecule has 3 unspecified atom stereocenters. The molecule has 256 valence electrons. The molecule has 0 aliphatic rings. The monoisotopic (exact) mass is 641 g/mol. The molecule has 8 nitrogen and oxygen atoms in total. The van der Waals surface area contributed by atoms with Gasteiger partial charge in [0.15, 0.2) is 0 Å². The summed E-state index contributed by atoms with van der Waals surface area (Å²) in [5.74, 6) is -0.199. The van der Waals surface area contributed by atoms with Gasteiger partial charge in [-0.25, -0.2) is 4.57 Å². The molecule has 0 aliphatic carbocycles. The highest BCUT2D eigenvalue weighted by atomic mass is 31.2. The van der Waals surface area contributed by atoms with E-state index < -0.39 is 20.0 Å². The SMILES string of the molecule is CC/C=C\C/C=C\C/C=C\CCCCCCCCCC(=O)NC(COP(=O)(O)OCC[N+](C)(C)C)C(O)/C=C/CCCCC. The summed E-state index contributed by atoms with van der Waals surface area (Å²) in [6.07, 6.45) is 32.1. The fourth-order valence-corrected chi connectivity index (χ4v) is 5.02. The Morgan fingerprint density at radius 1 is 0.795 bits per heavy atom. The number of phosphoric acid groups is 1. The Morgan fingerprint density at radius 2 is 1.36 bits per heavy atom. The lowest BCUT2D eigenvalue weighted by atomic mass is 10.1. The Labute approximate surface area is 269 Å². The first-order chi connectivity index (χ1) is 21.0. The number of allylic oxidation sites excluding steroid dienone is 7. The molecule has 0 radical (unpaired) electrons. The number of hydrogen-bond donors (Lipinski definition) is 3. The van der Waals surface area contributed by atoms with Crippen molar-refractivity contribution in [3.63, 3.8) is 0 Å². The Kier molecular flexibility index (Phi) is 26.8. The van der Waals surface area contributed by atoms with Crippen LogP contribution in [0.4, 0.5) is 0 Å². The van der Waals surface area contributed by atoms with Crippen molar-refractivity contribution in [2.75, 3.05) is 40.9 Å². The molecule has 0 rings (SSSR count). The van der Waals surface area contributed by atoms with Crippen molar-refractivity contribution in [1.82, 2.24) is 5.32 Å². The average Bonchev–Trinajstić information content (AvgIpc) is 2.95. The predicted molar refractivity (Wildman–Crippen MR) is 184 cm³/mol. The molecule has 0 aromatic heterocycles. The van der Waals surface area contributed by atoms with E-state index in [-0.39, 0.29) is 19.1 Å². The Hall–Kier alpha value is -1.54. The van der Waals surface area contributed by atoms with Crippen LogP contribution >= 0.6 is 7.82 Å². The van der Waals surface area contributed by atoms with Crippen molar-refractivity contribution >= 4 is 13.7 Å². The lowest BCUT2D eigenvalue weighted by molar-refractivity contribution is -0.870. The number of unbranched alkanes of at least 4 members (excludes halogenated alkanes) is 10. The quantitative estimate of drug-likeness (QED) is 0.0329. The summed E-state index contributed by atoms with van der Waals surface area (Å²) >= 11 is 0. The van der Waals surface area contributed by atoms with Gasteiger partial charge in [0.25, 0.3) is 0 Å². The second-order valence-corrected chi connectivity index (χ2v) is 14.0. The topological polar surface area (TPSA) is 105 Å². The zero-order valence-electron chi connectivity index (χ0n) is 28.6. The summed E-state index contributed by atoms with van der Waals surface area (Å²) in [6, 6.07) is -0.847. The van der Waals surface area contributed by atoms with E-state index in [1.165, 1.54) is 19.3 Å². The van der Waals surface area contributed by atoms with Crippen molar-refractivity contribution in [1.29, 1.82) is 0 Å². The van der Waals surface area contributed by atoms with Gasteiger partial charge in [0.05, 0.1) is 39.9 Å². The standard InChI is InChI=1S/C35H65N2O6P/c1-6-8-10-12-13-14-15-16-17-18-19-20-21-22-23-25-27-29-35(39)36-33(34(38)28-26-24-11-9-7-2)32-43-44(40,41)42-31-30-37(3,4)5/h8,10,13-14,16-17,26,28,33-34,38H,6-7,9,11-12,15,18-25,27,29-32H2,1-5H3,(H-,36,39,40,41)/p+1/b10-8-,14-13-,17-16-,28-26+. The van der Waals surface area contributed by atoms with Crippen LogP contribution in [-0.4, -0.2) is 73.4 Å². The van der Waals surface area contributed by atoms with E-state index in [1.807, 2.05) is 27.2 Å². The summed E-state index contributed by atoms with van der Waals surface area (Å²) in [6.45, 7) is 4.54. The number of quaternary nitrogens is 1. The van der Waals surface area contributed by atoms with Crippen LogP contribution in [0.15, 0.2) is 48.6 Å². The maximum atomic E-state index is 12.7. The van der Waals surface area contributed by atoms with Crippen LogP contribution in [-0.2, 0) is 18.4 Å². The Balaban J connectivity index is 4.36. The van der Waals surface area contributed by atoms with Crippen LogP contribution in [0, 0.1) is 0 Å². The van der Waals surface area contributed by atoms with E-state index in [2.05, 4.69) is 55.6 Å². The zero-order valence-corrected chi connectivity index (χ0v) is 29.5. The van der Waals surface area contributed by atoms with Gasteiger partial charge in [-0.2, -0.15) is 0 Å². The summed E-state index contributed by atoms with van der Waals surface area (Å²) in [5, 5.41) is 13.5. The number of nitrogens with zero attached hydrogens (tertiary/aromatic N) is 1. The number of phosphoric ester groups is 1. The fraction of sp³-hybridized carbons (Fsp3) is 0.743. The third-order valence-electron chi connectivity index (χ3n) is 7.05. The lowest BCUT2D eigenvalue weighted by Gasteiger charge is -2.25. The largest absolute Gasteiger partial charge is 0.472 e. The molecule has 0 saturated carbocycles. The van der Waals surface area contributed by atoms with Crippen molar-refractivity contribution < 1.29 is 32.9 Å². The van der Waals surface area contributed by atoms with Crippen LogP contribution < -0.4 is 5.32 Å². The Bertz CT molecular complexity index is 866. The molecule has 0 aromatic rings. The van der Waals surface area contributed by atoms with Gasteiger partial charge in [-0.1, -0.05) is 107 Å². The van der Waals surface area contributed by atoms with Gasteiger partial charge in [-0.3, -0.25) is 13.8 Å². The van der Waals surface area contributed by atoms with Gasteiger partial charge >= 0.3 is 7.82 Å². The minimum atomic E-state index is -4.32. The summed E-state index contributed by atoms with van der Waals surface area (Å²) in [5.41, 5.74) is 0. The second kappa shape index (κ2) is 27.7. The van der Waals surface area contributed by atoms with Crippen LogP contribution in [0.25, 0.3) is 0 Å². The maximum Gasteiger partial charge on any atom is 0.472 e. The molecule has 0 aromatic carbocycles. The minimum Gasteiger partial charge on any atom is -0.387 e. The first-order valence-corrected chi connectivity index (χ1v) is 18.5. The van der Waals surface area contributed by atoms with E-state index >= 15 is 0 Å². The zero-order chi connectivity index (χ0) is 32.9. The number of amides is 1. The van der Waals surface area contributed by atoms with E-state index in [0.29, 0.717) is 17.4 Å². The summed E-state index contributed by atoms with van der Waals surface area (Å²) < 4.78 is 23.2. The maximum absolute atomic E-state index is 12.7. The number of hydrogen-bond acceptors (Lipinski definition) is 5. The number of aliphatic hydroxyl groups is 1. The molecular weight excluding hydrogens is 575 g/mol. The second-order valence-electron chi connectivity index (χ2n) is 12.5. The predicted octanol–water partition coefficient (Wildman–Crippen LogP) is 8.18. The molecule has 1 amide bonds. The van der Waals surface area contributed by atoms with Crippen molar-refractivity contribution in [2.24, 2.45) is 0 Å². The van der Waals surface area contributed by atoms with Crippen molar-refractivity contribution in [2.45, 2.75) is 129 Å². The molecule has 0 saturated heterocycles. The summed E-state index contributed by atoms with van der Waals surface area (Å²) in [7, 11) is 1.55. The van der Waals surface area contributed by atoms with Crippen molar-refractivity contribution in [3.05, 3.63) is 48.6 Å². The van der Waals surface area contributed by atoms with Crippen LogP contribution in [0.3, 0.4) is 0 Å². The molecule has 0 aliphatic heterocycles. The summed E-state index contributed by atoms with van der Waals surface area (Å²) in [4.78, 5) is 22.8. The highest BCUT2D eigenvalue weighted by molar-refractivity contribution is 7.47. The number of carbonyl (C=O) groups is 1. The highest BCUT2D eigenvalue weighted by Gasteiger charge is 2.27. The first-order valence-electron chi connectivity index (χ1n) is 17.0. The molecule has 0 heterocycles. The number of likely N-dealkylation sites (N-methyl/N-ethyl adjacent to an activating group) is 1. The lowest BCUT2D eigenvalue weighted by Crippen LogP contribution is -2.45. The fourth-order valence-electron chi connectivity index (χ4n) is 4.29. The smallest absolute Gasteiger partial charge is 0.387 e. The van der Waals surface area contributed by atoms with Crippen LogP contribution in [0.2, 0.25) is 0 Å². The highest BCUT2D eigenvalue weighted by Crippen LogP contribution is 2.43. The third kappa shape index (κ3) is 29.2. The normalized spacial score (nSPS) is 15.5. The van der Waals surface area contributed by atoms with Gasteiger partial charge in [0.1, 0.15) is 13.2 Å². The number of nitrogens with one attached hydrogen (secondary N) is 1. The minimum absolute atomic E-state index is 0.0562. The molecule has 3 atom stereocenters. The van der Waals surface area contributed by atoms with Gasteiger partial charge < -0.3 is 19.8 Å². The molecule has 9 heteroatoms. The van der Waals surface area contributed by atoms with Gasteiger partial charge in [-0.15, -0.1) is 0 Å². The van der Waals surface area contributed by atoms with E-state index in [9.17, 15) is 19.4 Å². The van der Waals surface area contributed by atoms with E-state index in [1.54, 1.807) is 6.08 Å². The van der Waals surface area contributed by atoms with Gasteiger partial charge in [0, 0.05) is 6.42 Å². The Morgan fingerprint density at radius 3 is 2.00 bits per heavy atom. The molecular formula is C35H66N2O6P+. The molecule has 0 bridgehead atoms. The third-order valence-corrected chi connectivity index (χ3v) is 8.04. The van der Waals surface area contributed by atoms with E-state index in [4.69, 9.17) is 9.05 Å². The average molecular weight is 642 g/mol. The number of aliphatic hydroxyl groups excluding tert-OH is 1. The van der Waals surface area contributed by atoms with E-state index in [0.717, 1.165) is 77.0 Å². The van der Waals surface area contributed by atoms with Gasteiger partial charge in [-0.05, 0) is 51.4 Å². The van der Waals surface area contributed by atoms with Gasteiger partial charge in [0.2, 0.25) is 5.91 Å². The molecule has 44 heavy (non-hydrogen) atoms. The first kappa shape index (κ1) is 42.5. The number of carbonyl (C=O) groups excluding carboxylic acids is 1. The molecule has 0 fully saturated rings. The number of rotatable bonds is 29. The van der Waals surface area contributed by atoms with Crippen molar-refractivity contribution in [3.8, 4) is 0 Å². The molecule has 0 spiro atoms.